The molecule has 3 aliphatic rings. The van der Waals surface area contributed by atoms with Crippen LogP contribution in [0.15, 0.2) is 66.7 Å². The van der Waals surface area contributed by atoms with Gasteiger partial charge in [-0.1, -0.05) is 90.1 Å². The Balaban J connectivity index is 1.06. The number of amides is 5. The molecule has 1 unspecified atom stereocenters. The smallest absolute Gasteiger partial charge is 0.325 e. The van der Waals surface area contributed by atoms with Gasteiger partial charge in [-0.15, -0.1) is 0 Å². The normalized spacial score (nSPS) is 18.1. The fourth-order valence-electron chi connectivity index (χ4n) is 8.30. The van der Waals surface area contributed by atoms with E-state index in [1.165, 1.54) is 4.90 Å². The van der Waals surface area contributed by atoms with Gasteiger partial charge in [0.2, 0.25) is 20.1 Å². The van der Waals surface area contributed by atoms with Crippen molar-refractivity contribution in [1.29, 1.82) is 0 Å². The highest BCUT2D eigenvalue weighted by Gasteiger charge is 2.45. The highest BCUT2D eigenvalue weighted by molar-refractivity contribution is 6.77. The van der Waals surface area contributed by atoms with Crippen LogP contribution in [0.5, 0.6) is 5.75 Å². The average molecular weight is 711 g/mol. The number of rotatable bonds is 13. The second kappa shape index (κ2) is 15.0. The molecule has 2 fully saturated rings. The van der Waals surface area contributed by atoms with E-state index in [0.717, 1.165) is 27.9 Å². The molecule has 0 saturated carbocycles. The number of para-hydroxylation sites is 2. The fraction of sp³-hybridized carbons (Fsp3) is 0.450. The molecule has 51 heavy (non-hydrogen) atoms. The van der Waals surface area contributed by atoms with Crippen molar-refractivity contribution in [2.75, 3.05) is 18.0 Å². The number of ether oxygens (including phenoxy) is 1. The first kappa shape index (κ1) is 36.3. The molecule has 10 nitrogen and oxygen atoms in total. The number of anilines is 1. The van der Waals surface area contributed by atoms with E-state index in [1.807, 2.05) is 36.4 Å². The molecule has 5 amide bonds. The summed E-state index contributed by atoms with van der Waals surface area (Å²) in [6.07, 6.45) is 0.531. The summed E-state index contributed by atoms with van der Waals surface area (Å²) in [6, 6.07) is 20.9. The summed E-state index contributed by atoms with van der Waals surface area (Å²) >= 11 is 0. The molecule has 11 heteroatoms. The molecule has 6 rings (SSSR count). The van der Waals surface area contributed by atoms with Crippen LogP contribution in [0, 0.1) is 0 Å². The molecular formula is C40H50N4O6Si. The predicted octanol–water partition coefficient (Wildman–Crippen LogP) is 7.16. The Morgan fingerprint density at radius 2 is 1.45 bits per heavy atom. The number of hydrogen-bond donors (Lipinski definition) is 1. The number of urea groups is 1. The minimum Gasteiger partial charge on any atom is -0.487 e. The zero-order valence-electron chi connectivity index (χ0n) is 30.6. The number of nitrogens with one attached hydrogen (secondary N) is 1. The third-order valence-electron chi connectivity index (χ3n) is 10.8. The van der Waals surface area contributed by atoms with Crippen molar-refractivity contribution < 1.29 is 28.3 Å². The predicted molar refractivity (Wildman–Crippen MR) is 199 cm³/mol. The van der Waals surface area contributed by atoms with Gasteiger partial charge in [-0.2, -0.15) is 0 Å². The molecule has 1 N–H and O–H groups in total. The van der Waals surface area contributed by atoms with E-state index in [0.29, 0.717) is 73.8 Å². The first-order chi connectivity index (χ1) is 24.4. The Morgan fingerprint density at radius 1 is 0.804 bits per heavy atom. The van der Waals surface area contributed by atoms with Gasteiger partial charge in [-0.3, -0.25) is 24.6 Å². The standard InChI is InChI=1S/C40H50N4O6Si/c1-26(2)51(27(3)4,28(5)6)50-25-30-13-11-29(12-14-30)24-49-36-10-8-7-9-34(36)43-20-19-42(40(43)48)22-31-15-16-33-32(21-31)23-44(39(33)47)35-17-18-37(45)41-38(35)46/h7-16,21,26-28,35H,17-20,22-25H2,1-6H3,(H,41,45,46). The van der Waals surface area contributed by atoms with Gasteiger partial charge in [0, 0.05) is 38.2 Å². The number of nitrogens with zero attached hydrogens (tertiary/aromatic N) is 3. The van der Waals surface area contributed by atoms with Crippen LogP contribution in [-0.2, 0) is 40.3 Å². The van der Waals surface area contributed by atoms with Crippen molar-refractivity contribution in [3.05, 3.63) is 94.5 Å². The maximum Gasteiger partial charge on any atom is 0.325 e. The largest absolute Gasteiger partial charge is 0.487 e. The second-order valence-corrected chi connectivity index (χ2v) is 20.4. The second-order valence-electron chi connectivity index (χ2n) is 14.9. The van der Waals surface area contributed by atoms with Gasteiger partial charge in [0.1, 0.15) is 18.4 Å². The van der Waals surface area contributed by atoms with Gasteiger partial charge < -0.3 is 19.0 Å². The summed E-state index contributed by atoms with van der Waals surface area (Å²) in [5.74, 6) is -0.305. The summed E-state index contributed by atoms with van der Waals surface area (Å²) in [7, 11) is -1.95. The lowest BCUT2D eigenvalue weighted by atomic mass is 10.0. The van der Waals surface area contributed by atoms with Gasteiger partial charge in [-0.25, -0.2) is 4.79 Å². The molecule has 0 bridgehead atoms. The number of piperidine rings is 1. The Morgan fingerprint density at radius 3 is 2.12 bits per heavy atom. The van der Waals surface area contributed by atoms with Crippen LogP contribution in [0.3, 0.4) is 0 Å². The first-order valence-electron chi connectivity index (χ1n) is 18.2. The number of carbonyl (C=O) groups excluding carboxylic acids is 4. The number of hydrogen-bond acceptors (Lipinski definition) is 6. The zero-order chi connectivity index (χ0) is 36.4. The third kappa shape index (κ3) is 7.32. The molecular weight excluding hydrogens is 661 g/mol. The monoisotopic (exact) mass is 710 g/mol. The van der Waals surface area contributed by atoms with Crippen LogP contribution in [-0.4, -0.2) is 61.0 Å². The van der Waals surface area contributed by atoms with Crippen molar-refractivity contribution in [1.82, 2.24) is 15.1 Å². The molecule has 3 aliphatic heterocycles. The lowest BCUT2D eigenvalue weighted by Gasteiger charge is -2.42. The summed E-state index contributed by atoms with van der Waals surface area (Å²) in [5.41, 5.74) is 6.80. The van der Waals surface area contributed by atoms with Crippen molar-refractivity contribution in [2.24, 2.45) is 0 Å². The van der Waals surface area contributed by atoms with Crippen LogP contribution >= 0.6 is 0 Å². The third-order valence-corrected chi connectivity index (χ3v) is 16.9. The number of imide groups is 1. The van der Waals surface area contributed by atoms with Crippen LogP contribution in [0.4, 0.5) is 10.5 Å². The number of fused-ring (bicyclic) bond motifs is 1. The zero-order valence-corrected chi connectivity index (χ0v) is 31.6. The Bertz CT molecular complexity index is 1770. The number of carbonyl (C=O) groups is 4. The first-order valence-corrected chi connectivity index (χ1v) is 20.3. The number of benzene rings is 3. The van der Waals surface area contributed by atoms with Crippen molar-refractivity contribution in [2.45, 2.75) is 103 Å². The van der Waals surface area contributed by atoms with E-state index in [-0.39, 0.29) is 24.3 Å². The lowest BCUT2D eigenvalue weighted by Crippen LogP contribution is -2.52. The van der Waals surface area contributed by atoms with Crippen LogP contribution < -0.4 is 15.0 Å². The van der Waals surface area contributed by atoms with Crippen LogP contribution in [0.25, 0.3) is 0 Å². The fourth-order valence-corrected chi connectivity index (χ4v) is 13.7. The molecule has 0 aromatic heterocycles. The van der Waals surface area contributed by atoms with Gasteiger partial charge >= 0.3 is 6.03 Å². The topological polar surface area (TPSA) is 108 Å². The highest BCUT2D eigenvalue weighted by Crippen LogP contribution is 2.43. The molecule has 270 valence electrons. The quantitative estimate of drug-likeness (QED) is 0.149. The van der Waals surface area contributed by atoms with Gasteiger partial charge in [0.15, 0.2) is 0 Å². The molecule has 0 radical (unpaired) electrons. The van der Waals surface area contributed by atoms with E-state index < -0.39 is 20.3 Å². The molecule has 3 aromatic carbocycles. The van der Waals surface area contributed by atoms with Gasteiger partial charge in [0.05, 0.1) is 12.3 Å². The van der Waals surface area contributed by atoms with Crippen molar-refractivity contribution >= 4 is 37.8 Å². The lowest BCUT2D eigenvalue weighted by molar-refractivity contribution is -0.136. The summed E-state index contributed by atoms with van der Waals surface area (Å²) in [5, 5.41) is 2.34. The molecule has 2 saturated heterocycles. The van der Waals surface area contributed by atoms with E-state index >= 15 is 0 Å². The Labute approximate surface area is 302 Å². The minimum absolute atomic E-state index is 0.110. The van der Waals surface area contributed by atoms with E-state index in [9.17, 15) is 19.2 Å². The molecule has 1 atom stereocenters. The highest BCUT2D eigenvalue weighted by atomic mass is 28.4. The van der Waals surface area contributed by atoms with E-state index in [2.05, 4.69) is 71.1 Å². The minimum atomic E-state index is -1.95. The Hall–Kier alpha value is -4.48. The van der Waals surface area contributed by atoms with Crippen molar-refractivity contribution in [3.8, 4) is 5.75 Å². The van der Waals surface area contributed by atoms with Gasteiger partial charge in [0.25, 0.3) is 5.91 Å². The molecule has 3 aromatic rings. The average Bonchev–Trinajstić information content (AvgIpc) is 3.62. The van der Waals surface area contributed by atoms with E-state index in [4.69, 9.17) is 9.16 Å². The summed E-state index contributed by atoms with van der Waals surface area (Å²) < 4.78 is 13.1. The Kier molecular flexibility index (Phi) is 10.7. The van der Waals surface area contributed by atoms with Crippen molar-refractivity contribution in [3.63, 3.8) is 0 Å². The molecule has 0 spiro atoms. The SMILES string of the molecule is CC(C)[Si](OCc1ccc(COc2ccccc2N2CCN(Cc3ccc4c(c3)CN(C3CCC(=O)NC3=O)C4=O)C2=O)cc1)(C(C)C)C(C)C. The maximum absolute atomic E-state index is 13.7. The molecule has 3 heterocycles. The maximum atomic E-state index is 13.7. The van der Waals surface area contributed by atoms with Crippen LogP contribution in [0.2, 0.25) is 16.6 Å². The summed E-state index contributed by atoms with van der Waals surface area (Å²) in [4.78, 5) is 55.9. The van der Waals surface area contributed by atoms with E-state index in [1.54, 1.807) is 15.9 Å². The van der Waals surface area contributed by atoms with Gasteiger partial charge in [-0.05, 0) is 63.5 Å². The molecule has 0 aliphatic carbocycles. The van der Waals surface area contributed by atoms with Crippen LogP contribution in [0.1, 0.15) is 87.0 Å². The summed E-state index contributed by atoms with van der Waals surface area (Å²) in [6.45, 7) is 16.6.